The average Bonchev–Trinajstić information content (AvgIpc) is 3.10. The lowest BCUT2D eigenvalue weighted by molar-refractivity contribution is 0.221. The number of hydrogen-bond donors (Lipinski definition) is 2. The Hall–Kier alpha value is -1.76. The van der Waals surface area contributed by atoms with Crippen LogP contribution in [0.5, 0.6) is 0 Å². The molecule has 3 heterocycles. The third-order valence-corrected chi connectivity index (χ3v) is 3.67. The maximum Gasteiger partial charge on any atom is 0.234 e. The summed E-state index contributed by atoms with van der Waals surface area (Å²) in [7, 11) is 0. The number of piperidine rings is 1. The van der Waals surface area contributed by atoms with E-state index in [2.05, 4.69) is 37.8 Å². The van der Waals surface area contributed by atoms with Gasteiger partial charge in [-0.25, -0.2) is 0 Å². The van der Waals surface area contributed by atoms with E-state index in [0.717, 1.165) is 32.4 Å². The van der Waals surface area contributed by atoms with Crippen LogP contribution in [0.4, 0.5) is 0 Å². The Kier molecular flexibility index (Phi) is 2.83. The number of nitrogens with one attached hydrogen (secondary N) is 2. The molecule has 2 aromatic heterocycles. The standard InChI is InChI=1S/C11H16N6O/c1-2-11(4-3-5-12-7-11)10-14-9(16-18-10)8-6-13-17-15-8/h6,12H,2-5,7H2,1H3,(H,13,15,17). The highest BCUT2D eigenvalue weighted by atomic mass is 16.5. The van der Waals surface area contributed by atoms with Crippen LogP contribution in [0.15, 0.2) is 10.7 Å². The topological polar surface area (TPSA) is 92.5 Å². The van der Waals surface area contributed by atoms with Gasteiger partial charge in [0.05, 0.1) is 11.6 Å². The van der Waals surface area contributed by atoms with Crippen molar-refractivity contribution in [2.45, 2.75) is 31.6 Å². The van der Waals surface area contributed by atoms with Gasteiger partial charge in [0.25, 0.3) is 0 Å². The Morgan fingerprint density at radius 1 is 1.50 bits per heavy atom. The van der Waals surface area contributed by atoms with Crippen molar-refractivity contribution in [2.24, 2.45) is 0 Å². The number of rotatable bonds is 3. The summed E-state index contributed by atoms with van der Waals surface area (Å²) in [5.41, 5.74) is 0.577. The van der Waals surface area contributed by atoms with E-state index in [1.807, 2.05) is 0 Å². The third-order valence-electron chi connectivity index (χ3n) is 3.67. The summed E-state index contributed by atoms with van der Waals surface area (Å²) >= 11 is 0. The summed E-state index contributed by atoms with van der Waals surface area (Å²) in [6.07, 6.45) is 4.79. The van der Waals surface area contributed by atoms with E-state index in [0.29, 0.717) is 17.4 Å². The summed E-state index contributed by atoms with van der Waals surface area (Å²) in [4.78, 5) is 4.48. The third kappa shape index (κ3) is 1.80. The Bertz CT molecular complexity index is 499. The molecule has 0 aromatic carbocycles. The van der Waals surface area contributed by atoms with Crippen molar-refractivity contribution in [2.75, 3.05) is 13.1 Å². The van der Waals surface area contributed by atoms with Crippen molar-refractivity contribution in [1.29, 1.82) is 0 Å². The van der Waals surface area contributed by atoms with E-state index in [-0.39, 0.29) is 5.41 Å². The minimum absolute atomic E-state index is 0.0345. The van der Waals surface area contributed by atoms with Gasteiger partial charge in [-0.3, -0.25) is 0 Å². The summed E-state index contributed by atoms with van der Waals surface area (Å²) in [5, 5.41) is 17.6. The van der Waals surface area contributed by atoms with E-state index in [4.69, 9.17) is 4.52 Å². The quantitative estimate of drug-likeness (QED) is 0.837. The van der Waals surface area contributed by atoms with Crippen LogP contribution in [0, 0.1) is 0 Å². The lowest BCUT2D eigenvalue weighted by atomic mass is 9.78. The van der Waals surface area contributed by atoms with Gasteiger partial charge in [-0.1, -0.05) is 12.1 Å². The van der Waals surface area contributed by atoms with Crippen LogP contribution in [0.3, 0.4) is 0 Å². The fourth-order valence-corrected chi connectivity index (χ4v) is 2.46. The maximum absolute atomic E-state index is 5.44. The van der Waals surface area contributed by atoms with E-state index in [1.54, 1.807) is 6.20 Å². The van der Waals surface area contributed by atoms with E-state index >= 15 is 0 Å². The molecule has 7 heteroatoms. The van der Waals surface area contributed by atoms with Gasteiger partial charge < -0.3 is 9.84 Å². The second-order valence-electron chi connectivity index (χ2n) is 4.69. The molecule has 1 saturated heterocycles. The molecular weight excluding hydrogens is 232 g/mol. The number of aromatic amines is 1. The second kappa shape index (κ2) is 4.49. The van der Waals surface area contributed by atoms with Gasteiger partial charge in [0.1, 0.15) is 0 Å². The number of H-pyrrole nitrogens is 1. The van der Waals surface area contributed by atoms with E-state index in [1.165, 1.54) is 0 Å². The zero-order chi connectivity index (χ0) is 12.4. The molecule has 96 valence electrons. The fourth-order valence-electron chi connectivity index (χ4n) is 2.46. The molecule has 1 aliphatic heterocycles. The Balaban J connectivity index is 1.92. The summed E-state index contributed by atoms with van der Waals surface area (Å²) in [6, 6.07) is 0. The van der Waals surface area contributed by atoms with Gasteiger partial charge in [-0.2, -0.15) is 20.4 Å². The first kappa shape index (κ1) is 11.3. The van der Waals surface area contributed by atoms with Crippen LogP contribution in [0.25, 0.3) is 11.5 Å². The number of nitrogens with zero attached hydrogens (tertiary/aromatic N) is 4. The van der Waals surface area contributed by atoms with Gasteiger partial charge in [0.2, 0.25) is 11.7 Å². The molecule has 0 spiro atoms. The van der Waals surface area contributed by atoms with Gasteiger partial charge in [-0.05, 0) is 25.8 Å². The van der Waals surface area contributed by atoms with Crippen molar-refractivity contribution in [1.82, 2.24) is 30.9 Å². The molecule has 1 unspecified atom stereocenters. The van der Waals surface area contributed by atoms with Crippen molar-refractivity contribution < 1.29 is 4.52 Å². The minimum atomic E-state index is -0.0345. The van der Waals surface area contributed by atoms with Crippen LogP contribution < -0.4 is 5.32 Å². The molecule has 3 rings (SSSR count). The Morgan fingerprint density at radius 2 is 2.44 bits per heavy atom. The second-order valence-corrected chi connectivity index (χ2v) is 4.69. The number of aromatic nitrogens is 5. The number of hydrogen-bond acceptors (Lipinski definition) is 6. The Morgan fingerprint density at radius 3 is 3.11 bits per heavy atom. The maximum atomic E-state index is 5.44. The van der Waals surface area contributed by atoms with Gasteiger partial charge in [0, 0.05) is 6.54 Å². The van der Waals surface area contributed by atoms with E-state index in [9.17, 15) is 0 Å². The highest BCUT2D eigenvalue weighted by Crippen LogP contribution is 2.34. The molecule has 0 radical (unpaired) electrons. The molecule has 1 atom stereocenters. The van der Waals surface area contributed by atoms with Crippen molar-refractivity contribution in [3.05, 3.63) is 12.1 Å². The molecule has 2 aromatic rings. The van der Waals surface area contributed by atoms with Gasteiger partial charge >= 0.3 is 0 Å². The predicted octanol–water partition coefficient (Wildman–Crippen LogP) is 0.886. The first-order valence-corrected chi connectivity index (χ1v) is 6.25. The van der Waals surface area contributed by atoms with Crippen molar-refractivity contribution in [3.63, 3.8) is 0 Å². The smallest absolute Gasteiger partial charge is 0.234 e. The van der Waals surface area contributed by atoms with Crippen LogP contribution in [-0.2, 0) is 5.41 Å². The summed E-state index contributed by atoms with van der Waals surface area (Å²) in [5.74, 6) is 1.20. The molecule has 0 saturated carbocycles. The largest absolute Gasteiger partial charge is 0.338 e. The first-order chi connectivity index (χ1) is 8.84. The predicted molar refractivity (Wildman–Crippen MR) is 63.7 cm³/mol. The molecule has 1 aliphatic rings. The molecule has 2 N–H and O–H groups in total. The molecule has 0 aliphatic carbocycles. The zero-order valence-corrected chi connectivity index (χ0v) is 10.3. The minimum Gasteiger partial charge on any atom is -0.338 e. The lowest BCUT2D eigenvalue weighted by Gasteiger charge is -2.33. The van der Waals surface area contributed by atoms with Crippen molar-refractivity contribution in [3.8, 4) is 11.5 Å². The zero-order valence-electron chi connectivity index (χ0n) is 10.3. The first-order valence-electron chi connectivity index (χ1n) is 6.25. The van der Waals surface area contributed by atoms with Crippen LogP contribution in [0.2, 0.25) is 0 Å². The molecular formula is C11H16N6O. The van der Waals surface area contributed by atoms with E-state index < -0.39 is 0 Å². The average molecular weight is 248 g/mol. The van der Waals surface area contributed by atoms with Crippen molar-refractivity contribution >= 4 is 0 Å². The van der Waals surface area contributed by atoms with Crippen LogP contribution >= 0.6 is 0 Å². The SMILES string of the molecule is CCC1(c2nc(-c3cn[nH]n3)no2)CCCNC1. The fraction of sp³-hybridized carbons (Fsp3) is 0.636. The highest BCUT2D eigenvalue weighted by molar-refractivity contribution is 5.45. The molecule has 7 nitrogen and oxygen atoms in total. The molecule has 18 heavy (non-hydrogen) atoms. The lowest BCUT2D eigenvalue weighted by Crippen LogP contribution is -2.43. The summed E-state index contributed by atoms with van der Waals surface area (Å²) < 4.78 is 5.44. The Labute approximate surface area is 104 Å². The molecule has 0 amide bonds. The highest BCUT2D eigenvalue weighted by Gasteiger charge is 2.37. The monoisotopic (exact) mass is 248 g/mol. The normalized spacial score (nSPS) is 24.3. The van der Waals surface area contributed by atoms with Crippen LogP contribution in [-0.4, -0.2) is 38.6 Å². The molecule has 1 fully saturated rings. The van der Waals surface area contributed by atoms with Gasteiger partial charge in [-0.15, -0.1) is 0 Å². The van der Waals surface area contributed by atoms with Gasteiger partial charge in [0.15, 0.2) is 5.69 Å². The van der Waals surface area contributed by atoms with Crippen LogP contribution in [0.1, 0.15) is 32.1 Å². The molecule has 0 bridgehead atoms. The summed E-state index contributed by atoms with van der Waals surface area (Å²) in [6.45, 7) is 4.11.